The smallest absolute Gasteiger partial charge is 0.349 e. The molecule has 28 heavy (non-hydrogen) atoms. The molecule has 0 bridgehead atoms. The van der Waals surface area contributed by atoms with Crippen LogP contribution in [-0.2, 0) is 6.42 Å². The van der Waals surface area contributed by atoms with Crippen LogP contribution in [0.2, 0.25) is 5.02 Å². The van der Waals surface area contributed by atoms with Crippen molar-refractivity contribution in [2.75, 3.05) is 0 Å². The highest BCUT2D eigenvalue weighted by Crippen LogP contribution is 2.35. The molecule has 4 aromatic rings. The van der Waals surface area contributed by atoms with Gasteiger partial charge in [-0.1, -0.05) is 29.8 Å². The number of aromatic amines is 1. The Bertz CT molecular complexity index is 1290. The van der Waals surface area contributed by atoms with Gasteiger partial charge in [0, 0.05) is 27.0 Å². The zero-order chi connectivity index (χ0) is 19.3. The maximum atomic E-state index is 12.9. The van der Waals surface area contributed by atoms with Gasteiger partial charge in [0.15, 0.2) is 0 Å². The van der Waals surface area contributed by atoms with Crippen LogP contribution in [0.15, 0.2) is 57.7 Å². The van der Waals surface area contributed by atoms with Crippen molar-refractivity contribution in [1.29, 1.82) is 0 Å². The van der Waals surface area contributed by atoms with Crippen LogP contribution >= 0.6 is 11.6 Å². The van der Waals surface area contributed by atoms with Crippen molar-refractivity contribution in [3.8, 4) is 0 Å². The van der Waals surface area contributed by atoms with Crippen LogP contribution in [0.1, 0.15) is 40.5 Å². The molecule has 1 aliphatic rings. The van der Waals surface area contributed by atoms with Crippen molar-refractivity contribution in [1.82, 2.24) is 10.3 Å². The highest BCUT2D eigenvalue weighted by molar-refractivity contribution is 6.31. The van der Waals surface area contributed by atoms with Gasteiger partial charge in [0.25, 0.3) is 5.91 Å². The molecule has 1 aliphatic carbocycles. The van der Waals surface area contributed by atoms with E-state index in [-0.39, 0.29) is 11.6 Å². The second-order valence-corrected chi connectivity index (χ2v) is 7.55. The van der Waals surface area contributed by atoms with E-state index in [9.17, 15) is 9.59 Å². The van der Waals surface area contributed by atoms with Crippen LogP contribution < -0.4 is 10.9 Å². The molecule has 1 amide bonds. The Morgan fingerprint density at radius 1 is 1.18 bits per heavy atom. The highest BCUT2D eigenvalue weighted by atomic mass is 35.5. The summed E-state index contributed by atoms with van der Waals surface area (Å²) in [4.78, 5) is 28.6. The van der Waals surface area contributed by atoms with E-state index in [1.54, 1.807) is 18.2 Å². The van der Waals surface area contributed by atoms with Gasteiger partial charge in [-0.2, -0.15) is 0 Å². The summed E-state index contributed by atoms with van der Waals surface area (Å²) < 4.78 is 5.29. The summed E-state index contributed by atoms with van der Waals surface area (Å²) in [7, 11) is 0. The number of amides is 1. The number of carbonyl (C=O) groups is 1. The molecule has 0 aliphatic heterocycles. The Labute approximate surface area is 165 Å². The summed E-state index contributed by atoms with van der Waals surface area (Å²) >= 11 is 6.16. The van der Waals surface area contributed by atoms with E-state index >= 15 is 0 Å². The third-order valence-electron chi connectivity index (χ3n) is 5.36. The zero-order valence-electron chi connectivity index (χ0n) is 14.9. The number of carbonyl (C=O) groups excluding carboxylic acids is 1. The number of aryl methyl sites for hydroxylation is 1. The van der Waals surface area contributed by atoms with E-state index in [4.69, 9.17) is 16.0 Å². The second-order valence-electron chi connectivity index (χ2n) is 7.11. The van der Waals surface area contributed by atoms with Crippen LogP contribution in [-0.4, -0.2) is 10.9 Å². The first-order valence-corrected chi connectivity index (χ1v) is 9.62. The molecule has 1 atom stereocenters. The van der Waals surface area contributed by atoms with Crippen molar-refractivity contribution in [3.63, 3.8) is 0 Å². The van der Waals surface area contributed by atoms with Crippen LogP contribution in [0.5, 0.6) is 0 Å². The molecule has 2 N–H and O–H groups in total. The highest BCUT2D eigenvalue weighted by Gasteiger charge is 2.27. The number of rotatable bonds is 2. The minimum atomic E-state index is -0.629. The van der Waals surface area contributed by atoms with Crippen molar-refractivity contribution in [3.05, 3.63) is 80.8 Å². The number of hydrogen-bond donors (Lipinski definition) is 2. The van der Waals surface area contributed by atoms with Gasteiger partial charge >= 0.3 is 5.63 Å². The topological polar surface area (TPSA) is 75.1 Å². The molecule has 2 heterocycles. The molecule has 0 saturated heterocycles. The Balaban J connectivity index is 1.51. The minimum absolute atomic E-state index is 0.0185. The van der Waals surface area contributed by atoms with E-state index < -0.39 is 11.5 Å². The van der Waals surface area contributed by atoms with Crippen molar-refractivity contribution >= 4 is 39.4 Å². The fourth-order valence-electron chi connectivity index (χ4n) is 4.04. The van der Waals surface area contributed by atoms with Gasteiger partial charge in [0.1, 0.15) is 11.1 Å². The zero-order valence-corrected chi connectivity index (χ0v) is 15.7. The number of aromatic nitrogens is 1. The first-order chi connectivity index (χ1) is 13.6. The SMILES string of the molecule is O=C(N[C@@H]1CCCc2c1[nH]c1ccc(Cl)cc21)c1cc2ccccc2oc1=O. The molecule has 0 saturated carbocycles. The fourth-order valence-corrected chi connectivity index (χ4v) is 4.21. The maximum absolute atomic E-state index is 12.9. The number of hydrogen-bond acceptors (Lipinski definition) is 3. The Kier molecular flexibility index (Phi) is 3.98. The van der Waals surface area contributed by atoms with Crippen LogP contribution in [0.3, 0.4) is 0 Å². The summed E-state index contributed by atoms with van der Waals surface area (Å²) in [6, 6.07) is 14.3. The normalized spacial score (nSPS) is 16.2. The van der Waals surface area contributed by atoms with Gasteiger partial charge in [-0.3, -0.25) is 4.79 Å². The maximum Gasteiger partial charge on any atom is 0.349 e. The molecule has 2 aromatic carbocycles. The quantitative estimate of drug-likeness (QED) is 0.484. The molecular formula is C22H17ClN2O3. The molecule has 2 aromatic heterocycles. The summed E-state index contributed by atoms with van der Waals surface area (Å²) in [5, 5.41) is 5.51. The summed E-state index contributed by atoms with van der Waals surface area (Å²) in [6.45, 7) is 0. The van der Waals surface area contributed by atoms with Crippen LogP contribution in [0.4, 0.5) is 0 Å². The summed E-state index contributed by atoms with van der Waals surface area (Å²) in [5.74, 6) is -0.422. The fraction of sp³-hybridized carbons (Fsp3) is 0.182. The number of benzene rings is 2. The van der Waals surface area contributed by atoms with Gasteiger partial charge in [0.2, 0.25) is 0 Å². The average Bonchev–Trinajstić information content (AvgIpc) is 3.06. The van der Waals surface area contributed by atoms with Crippen LogP contribution in [0.25, 0.3) is 21.9 Å². The monoisotopic (exact) mass is 392 g/mol. The third-order valence-corrected chi connectivity index (χ3v) is 5.60. The number of halogens is 1. The van der Waals surface area contributed by atoms with Gasteiger partial charge in [0.05, 0.1) is 6.04 Å². The Morgan fingerprint density at radius 3 is 2.93 bits per heavy atom. The standard InChI is InChI=1S/C22H17ClN2O3/c23-13-8-9-17-15(11-13)14-5-3-6-18(20(14)24-17)25-21(26)16-10-12-4-1-2-7-19(12)28-22(16)27/h1-2,4,7-11,18,24H,3,5-6H2,(H,25,26)/t18-/m1/s1. The van der Waals surface area contributed by atoms with Crippen molar-refractivity contribution in [2.24, 2.45) is 0 Å². The largest absolute Gasteiger partial charge is 0.422 e. The number of nitrogens with one attached hydrogen (secondary N) is 2. The summed E-state index contributed by atoms with van der Waals surface area (Å²) in [5.41, 5.74) is 3.03. The molecule has 0 unspecified atom stereocenters. The van der Waals surface area contributed by atoms with Gasteiger partial charge < -0.3 is 14.7 Å². The lowest BCUT2D eigenvalue weighted by atomic mass is 9.91. The molecule has 5 nitrogen and oxygen atoms in total. The lowest BCUT2D eigenvalue weighted by Crippen LogP contribution is -2.33. The molecule has 0 spiro atoms. The lowest BCUT2D eigenvalue weighted by molar-refractivity contribution is 0.0928. The van der Waals surface area contributed by atoms with Crippen molar-refractivity contribution in [2.45, 2.75) is 25.3 Å². The molecule has 0 radical (unpaired) electrons. The third kappa shape index (κ3) is 2.79. The van der Waals surface area contributed by atoms with Crippen molar-refractivity contribution < 1.29 is 9.21 Å². The molecule has 0 fully saturated rings. The Hall–Kier alpha value is -3.05. The first-order valence-electron chi connectivity index (χ1n) is 9.24. The number of para-hydroxylation sites is 1. The second kappa shape index (κ2) is 6.53. The van der Waals surface area contributed by atoms with E-state index in [1.807, 2.05) is 30.3 Å². The number of fused-ring (bicyclic) bond motifs is 4. The number of H-pyrrole nitrogens is 1. The lowest BCUT2D eigenvalue weighted by Gasteiger charge is -2.23. The van der Waals surface area contributed by atoms with E-state index in [0.29, 0.717) is 10.6 Å². The molecule has 5 rings (SSSR count). The molecular weight excluding hydrogens is 376 g/mol. The minimum Gasteiger partial charge on any atom is -0.422 e. The van der Waals surface area contributed by atoms with Gasteiger partial charge in [-0.05, 0) is 55.2 Å². The molecule has 6 heteroatoms. The van der Waals surface area contributed by atoms with E-state index in [0.717, 1.165) is 41.2 Å². The Morgan fingerprint density at radius 2 is 2.04 bits per heavy atom. The van der Waals surface area contributed by atoms with E-state index in [2.05, 4.69) is 10.3 Å². The average molecular weight is 393 g/mol. The molecule has 140 valence electrons. The predicted octanol–water partition coefficient (Wildman–Crippen LogP) is 4.74. The first kappa shape index (κ1) is 17.1. The summed E-state index contributed by atoms with van der Waals surface area (Å²) in [6.07, 6.45) is 2.68. The van der Waals surface area contributed by atoms with Gasteiger partial charge in [-0.25, -0.2) is 4.79 Å². The van der Waals surface area contributed by atoms with Gasteiger partial charge in [-0.15, -0.1) is 0 Å². The predicted molar refractivity (Wildman–Crippen MR) is 109 cm³/mol. The van der Waals surface area contributed by atoms with E-state index in [1.165, 1.54) is 5.56 Å². The van der Waals surface area contributed by atoms with Crippen LogP contribution in [0, 0.1) is 0 Å².